The number of pyridine rings is 1. The van der Waals surface area contributed by atoms with Crippen molar-refractivity contribution in [3.8, 4) is 0 Å². The fourth-order valence-corrected chi connectivity index (χ4v) is 2.96. The largest absolute Gasteiger partial charge is 0.349 e. The van der Waals surface area contributed by atoms with E-state index in [9.17, 15) is 13.2 Å². The summed E-state index contributed by atoms with van der Waals surface area (Å²) >= 11 is 0. The molecule has 0 fully saturated rings. The fraction of sp³-hybridized carbons (Fsp3) is 0.200. The second-order valence-corrected chi connectivity index (χ2v) is 6.42. The van der Waals surface area contributed by atoms with Crippen LogP contribution in [-0.4, -0.2) is 32.4 Å². The summed E-state index contributed by atoms with van der Waals surface area (Å²) in [6, 6.07) is 13.9. The summed E-state index contributed by atoms with van der Waals surface area (Å²) in [5.41, 5.74) is 1.02. The monoisotopic (exact) mass is 319 g/mol. The first-order valence-corrected chi connectivity index (χ1v) is 8.42. The zero-order valence-electron chi connectivity index (χ0n) is 11.9. The molecular weight excluding hydrogens is 302 g/mol. The van der Waals surface area contributed by atoms with Crippen LogP contribution >= 0.6 is 0 Å². The average molecular weight is 319 g/mol. The topological polar surface area (TPSA) is 88.2 Å². The highest BCUT2D eigenvalue weighted by Crippen LogP contribution is 2.03. The molecule has 0 bridgehead atoms. The van der Waals surface area contributed by atoms with Crippen LogP contribution in [0, 0.1) is 0 Å². The minimum absolute atomic E-state index is 0.0813. The lowest BCUT2D eigenvalue weighted by molar-refractivity contribution is 0.0949. The van der Waals surface area contributed by atoms with E-state index >= 15 is 0 Å². The number of carbonyl (C=O) groups is 1. The smallest absolute Gasteiger partial charge is 0.269 e. The summed E-state index contributed by atoms with van der Waals surface area (Å²) in [7, 11) is -3.41. The normalized spacial score (nSPS) is 11.1. The molecule has 1 aromatic heterocycles. The number of nitrogens with one attached hydrogen (secondary N) is 2. The summed E-state index contributed by atoms with van der Waals surface area (Å²) in [4.78, 5) is 15.6. The predicted molar refractivity (Wildman–Crippen MR) is 83.6 cm³/mol. The van der Waals surface area contributed by atoms with Crippen molar-refractivity contribution >= 4 is 15.9 Å². The van der Waals surface area contributed by atoms with Gasteiger partial charge in [0.2, 0.25) is 10.0 Å². The highest BCUT2D eigenvalue weighted by molar-refractivity contribution is 7.88. The summed E-state index contributed by atoms with van der Waals surface area (Å²) < 4.78 is 26.2. The first kappa shape index (κ1) is 16.1. The van der Waals surface area contributed by atoms with E-state index in [0.717, 1.165) is 0 Å². The number of aromatic nitrogens is 1. The van der Waals surface area contributed by atoms with Crippen LogP contribution in [0.25, 0.3) is 0 Å². The Morgan fingerprint density at radius 3 is 2.41 bits per heavy atom. The van der Waals surface area contributed by atoms with Crippen molar-refractivity contribution in [3.05, 3.63) is 66.0 Å². The third-order valence-corrected chi connectivity index (χ3v) is 4.19. The molecular formula is C15H17N3O3S. The first-order valence-electron chi connectivity index (χ1n) is 6.77. The van der Waals surface area contributed by atoms with Gasteiger partial charge in [0.05, 0.1) is 5.75 Å². The van der Waals surface area contributed by atoms with Crippen LogP contribution in [0.4, 0.5) is 0 Å². The fourth-order valence-electron chi connectivity index (χ4n) is 1.81. The lowest BCUT2D eigenvalue weighted by Crippen LogP contribution is -2.35. The lowest BCUT2D eigenvalue weighted by atomic mass is 10.2. The SMILES string of the molecule is O=C(NCCNS(=O)(=O)Cc1ccccc1)c1ccccn1. The summed E-state index contributed by atoms with van der Waals surface area (Å²) in [5.74, 6) is -0.412. The van der Waals surface area contributed by atoms with E-state index in [1.165, 1.54) is 6.20 Å². The van der Waals surface area contributed by atoms with Gasteiger partial charge in [0.25, 0.3) is 5.91 Å². The molecule has 0 aliphatic rings. The minimum Gasteiger partial charge on any atom is -0.349 e. The van der Waals surface area contributed by atoms with Crippen molar-refractivity contribution in [2.45, 2.75) is 5.75 Å². The third-order valence-electron chi connectivity index (χ3n) is 2.83. The average Bonchev–Trinajstić information content (AvgIpc) is 2.53. The van der Waals surface area contributed by atoms with E-state index in [-0.39, 0.29) is 24.7 Å². The molecule has 116 valence electrons. The zero-order chi connectivity index (χ0) is 15.8. The van der Waals surface area contributed by atoms with E-state index in [2.05, 4.69) is 15.0 Å². The third kappa shape index (κ3) is 5.27. The maximum Gasteiger partial charge on any atom is 0.269 e. The first-order chi connectivity index (χ1) is 10.6. The molecule has 0 aliphatic heterocycles. The number of hydrogen-bond donors (Lipinski definition) is 2. The summed E-state index contributed by atoms with van der Waals surface area (Å²) in [6.45, 7) is 0.331. The highest BCUT2D eigenvalue weighted by atomic mass is 32.2. The van der Waals surface area contributed by atoms with Crippen LogP contribution in [0.5, 0.6) is 0 Å². The maximum absolute atomic E-state index is 11.9. The highest BCUT2D eigenvalue weighted by Gasteiger charge is 2.11. The molecule has 7 heteroatoms. The number of nitrogens with zero attached hydrogens (tertiary/aromatic N) is 1. The van der Waals surface area contributed by atoms with Gasteiger partial charge in [0.1, 0.15) is 5.69 Å². The molecule has 0 radical (unpaired) electrons. The minimum atomic E-state index is -3.41. The van der Waals surface area contributed by atoms with Crippen LogP contribution in [0.2, 0.25) is 0 Å². The second-order valence-electron chi connectivity index (χ2n) is 4.61. The molecule has 2 aromatic rings. The van der Waals surface area contributed by atoms with E-state index in [1.807, 2.05) is 6.07 Å². The van der Waals surface area contributed by atoms with Crippen LogP contribution in [0.1, 0.15) is 16.1 Å². The Morgan fingerprint density at radius 2 is 1.73 bits per heavy atom. The molecule has 0 saturated carbocycles. The van der Waals surface area contributed by atoms with Gasteiger partial charge >= 0.3 is 0 Å². The van der Waals surface area contributed by atoms with Crippen molar-refractivity contribution in [1.29, 1.82) is 0 Å². The quantitative estimate of drug-likeness (QED) is 0.743. The van der Waals surface area contributed by atoms with Crippen LogP contribution in [0.15, 0.2) is 54.7 Å². The molecule has 0 atom stereocenters. The van der Waals surface area contributed by atoms with Gasteiger partial charge in [-0.3, -0.25) is 9.78 Å². The van der Waals surface area contributed by atoms with Gasteiger partial charge in [-0.25, -0.2) is 13.1 Å². The molecule has 2 rings (SSSR count). The van der Waals surface area contributed by atoms with Crippen molar-refractivity contribution in [2.75, 3.05) is 13.1 Å². The lowest BCUT2D eigenvalue weighted by Gasteiger charge is -2.08. The van der Waals surface area contributed by atoms with Gasteiger partial charge in [-0.15, -0.1) is 0 Å². The molecule has 2 N–H and O–H groups in total. The Balaban J connectivity index is 1.75. The van der Waals surface area contributed by atoms with E-state index in [1.54, 1.807) is 42.5 Å². The molecule has 0 saturated heterocycles. The van der Waals surface area contributed by atoms with Crippen LogP contribution < -0.4 is 10.0 Å². The molecule has 1 heterocycles. The zero-order valence-corrected chi connectivity index (χ0v) is 12.7. The molecule has 0 unspecified atom stereocenters. The number of rotatable bonds is 7. The molecule has 0 spiro atoms. The van der Waals surface area contributed by atoms with Gasteiger partial charge in [-0.05, 0) is 17.7 Å². The van der Waals surface area contributed by atoms with Gasteiger partial charge in [-0.2, -0.15) is 0 Å². The maximum atomic E-state index is 11.9. The number of carbonyl (C=O) groups excluding carboxylic acids is 1. The van der Waals surface area contributed by atoms with Gasteiger partial charge in [0, 0.05) is 19.3 Å². The van der Waals surface area contributed by atoms with E-state index in [0.29, 0.717) is 11.3 Å². The number of hydrogen-bond acceptors (Lipinski definition) is 4. The molecule has 6 nitrogen and oxygen atoms in total. The molecule has 22 heavy (non-hydrogen) atoms. The molecule has 0 aliphatic carbocycles. The number of amides is 1. The molecule has 1 amide bonds. The van der Waals surface area contributed by atoms with E-state index < -0.39 is 10.0 Å². The van der Waals surface area contributed by atoms with Gasteiger partial charge in [0.15, 0.2) is 0 Å². The summed E-state index contributed by atoms with van der Waals surface area (Å²) in [5, 5.41) is 2.61. The second kappa shape index (κ2) is 7.67. The van der Waals surface area contributed by atoms with Gasteiger partial charge < -0.3 is 5.32 Å². The van der Waals surface area contributed by atoms with Crippen molar-refractivity contribution in [3.63, 3.8) is 0 Å². The Hall–Kier alpha value is -2.25. The Labute approximate surface area is 129 Å². The number of sulfonamides is 1. The Morgan fingerprint density at radius 1 is 1.00 bits per heavy atom. The van der Waals surface area contributed by atoms with E-state index in [4.69, 9.17) is 0 Å². The van der Waals surface area contributed by atoms with Crippen molar-refractivity contribution < 1.29 is 13.2 Å². The molecule has 1 aromatic carbocycles. The Kier molecular flexibility index (Phi) is 5.62. The van der Waals surface area contributed by atoms with Gasteiger partial charge in [-0.1, -0.05) is 36.4 Å². The Bertz CT molecular complexity index is 703. The standard InChI is InChI=1S/C15H17N3O3S/c19-15(14-8-4-5-9-16-14)17-10-11-18-22(20,21)12-13-6-2-1-3-7-13/h1-9,18H,10-12H2,(H,17,19). The van der Waals surface area contributed by atoms with Crippen LogP contribution in [0.3, 0.4) is 0 Å². The number of benzene rings is 1. The predicted octanol–water partition coefficient (Wildman–Crippen LogP) is 0.931. The van der Waals surface area contributed by atoms with Crippen LogP contribution in [-0.2, 0) is 15.8 Å². The van der Waals surface area contributed by atoms with Crippen molar-refractivity contribution in [1.82, 2.24) is 15.0 Å². The van der Waals surface area contributed by atoms with Crippen molar-refractivity contribution in [2.24, 2.45) is 0 Å². The summed E-state index contributed by atoms with van der Waals surface area (Å²) in [6.07, 6.45) is 1.53.